The maximum atomic E-state index is 12.5. The minimum absolute atomic E-state index is 0.120. The Bertz CT molecular complexity index is 413. The van der Waals surface area contributed by atoms with Crippen LogP contribution in [0, 0.1) is 5.41 Å². The van der Waals surface area contributed by atoms with Crippen molar-refractivity contribution in [2.24, 2.45) is 5.41 Å². The van der Waals surface area contributed by atoms with Crippen molar-refractivity contribution in [2.45, 2.75) is 33.4 Å². The molecule has 0 N–H and O–H groups in total. The summed E-state index contributed by atoms with van der Waals surface area (Å²) < 4.78 is 37.4. The van der Waals surface area contributed by atoms with Gasteiger partial charge in [0.2, 0.25) is 0 Å². The van der Waals surface area contributed by atoms with Gasteiger partial charge in [-0.3, -0.25) is 4.79 Å². The molecule has 0 spiro atoms. The van der Waals surface area contributed by atoms with Crippen molar-refractivity contribution in [2.75, 3.05) is 0 Å². The lowest BCUT2D eigenvalue weighted by Gasteiger charge is -2.17. The molecule has 0 aliphatic rings. The van der Waals surface area contributed by atoms with Gasteiger partial charge < -0.3 is 0 Å². The molecule has 1 rings (SSSR count). The molecular weight excluding hydrogens is 229 g/mol. The molecule has 0 atom stereocenters. The Morgan fingerprint density at radius 3 is 2.24 bits per heavy atom. The van der Waals surface area contributed by atoms with E-state index in [1.807, 2.05) is 20.8 Å². The summed E-state index contributed by atoms with van der Waals surface area (Å²) in [6.45, 7) is 5.62. The lowest BCUT2D eigenvalue weighted by molar-refractivity contribution is -0.137. The van der Waals surface area contributed by atoms with Crippen LogP contribution in [0.15, 0.2) is 24.3 Å². The van der Waals surface area contributed by atoms with Crippen molar-refractivity contribution in [1.82, 2.24) is 0 Å². The van der Waals surface area contributed by atoms with Crippen molar-refractivity contribution in [3.8, 4) is 0 Å². The molecule has 0 radical (unpaired) electrons. The Balaban J connectivity index is 2.97. The molecule has 0 saturated heterocycles. The quantitative estimate of drug-likeness (QED) is 0.708. The largest absolute Gasteiger partial charge is 0.416 e. The van der Waals surface area contributed by atoms with E-state index in [-0.39, 0.29) is 23.2 Å². The minimum atomic E-state index is -4.40. The highest BCUT2D eigenvalue weighted by Gasteiger charge is 2.31. The fourth-order valence-electron chi connectivity index (χ4n) is 1.45. The zero-order valence-corrected chi connectivity index (χ0v) is 10.1. The number of carbonyl (C=O) groups excluding carboxylic acids is 1. The highest BCUT2D eigenvalue weighted by atomic mass is 19.4. The molecule has 0 unspecified atom stereocenters. The fraction of sp³-hybridized carbons (Fsp3) is 0.462. The Kier molecular flexibility index (Phi) is 3.65. The van der Waals surface area contributed by atoms with Crippen molar-refractivity contribution in [3.05, 3.63) is 35.4 Å². The van der Waals surface area contributed by atoms with Crippen molar-refractivity contribution >= 4 is 5.78 Å². The molecule has 4 heteroatoms. The first kappa shape index (κ1) is 13.7. The second kappa shape index (κ2) is 4.51. The average molecular weight is 244 g/mol. The average Bonchev–Trinajstić information content (AvgIpc) is 2.14. The Morgan fingerprint density at radius 2 is 1.76 bits per heavy atom. The Labute approximate surface area is 98.6 Å². The molecule has 0 amide bonds. The molecule has 0 aliphatic carbocycles. The van der Waals surface area contributed by atoms with E-state index in [9.17, 15) is 18.0 Å². The van der Waals surface area contributed by atoms with Crippen molar-refractivity contribution < 1.29 is 18.0 Å². The number of halogens is 3. The molecule has 0 heterocycles. The SMILES string of the molecule is CC(C)(C)CC(=O)c1cccc(C(F)(F)F)c1. The summed E-state index contributed by atoms with van der Waals surface area (Å²) in [6.07, 6.45) is -4.17. The molecule has 0 fully saturated rings. The highest BCUT2D eigenvalue weighted by Crippen LogP contribution is 2.30. The lowest BCUT2D eigenvalue weighted by Crippen LogP contribution is -2.14. The fourth-order valence-corrected chi connectivity index (χ4v) is 1.45. The van der Waals surface area contributed by atoms with E-state index in [2.05, 4.69) is 0 Å². The van der Waals surface area contributed by atoms with Gasteiger partial charge in [0.05, 0.1) is 5.56 Å². The van der Waals surface area contributed by atoms with Gasteiger partial charge in [-0.25, -0.2) is 0 Å². The van der Waals surface area contributed by atoms with Crippen molar-refractivity contribution in [3.63, 3.8) is 0 Å². The third-order valence-electron chi connectivity index (χ3n) is 2.20. The van der Waals surface area contributed by atoms with Gasteiger partial charge in [0.15, 0.2) is 5.78 Å². The predicted molar refractivity (Wildman–Crippen MR) is 59.8 cm³/mol. The van der Waals surface area contributed by atoms with Crippen molar-refractivity contribution in [1.29, 1.82) is 0 Å². The third-order valence-corrected chi connectivity index (χ3v) is 2.20. The summed E-state index contributed by atoms with van der Waals surface area (Å²) in [5.41, 5.74) is -0.891. The molecule has 94 valence electrons. The van der Waals surface area contributed by atoms with E-state index in [0.717, 1.165) is 12.1 Å². The topological polar surface area (TPSA) is 17.1 Å². The van der Waals surface area contributed by atoms with Crippen LogP contribution in [0.1, 0.15) is 43.1 Å². The monoisotopic (exact) mass is 244 g/mol. The lowest BCUT2D eigenvalue weighted by atomic mass is 9.87. The van der Waals surface area contributed by atoms with Gasteiger partial charge in [0, 0.05) is 12.0 Å². The predicted octanol–water partition coefficient (Wildman–Crippen LogP) is 4.32. The summed E-state index contributed by atoms with van der Waals surface area (Å²) in [5.74, 6) is -0.261. The molecule has 1 nitrogen and oxygen atoms in total. The Hall–Kier alpha value is -1.32. The van der Waals surface area contributed by atoms with Crippen LogP contribution < -0.4 is 0 Å². The first-order valence-corrected chi connectivity index (χ1v) is 5.30. The minimum Gasteiger partial charge on any atom is -0.294 e. The number of alkyl halides is 3. The zero-order chi connectivity index (χ0) is 13.3. The van der Waals surface area contributed by atoms with Crippen LogP contribution in [-0.2, 0) is 6.18 Å². The second-order valence-corrected chi connectivity index (χ2v) is 5.24. The number of Topliss-reactive ketones (excluding diaryl/α,β-unsaturated/α-hetero) is 1. The van der Waals surface area contributed by atoms with E-state index in [1.165, 1.54) is 12.1 Å². The summed E-state index contributed by atoms with van der Waals surface area (Å²) >= 11 is 0. The summed E-state index contributed by atoms with van der Waals surface area (Å²) in [5, 5.41) is 0. The highest BCUT2D eigenvalue weighted by molar-refractivity contribution is 5.96. The van der Waals surface area contributed by atoms with Crippen LogP contribution in [0.3, 0.4) is 0 Å². The van der Waals surface area contributed by atoms with Gasteiger partial charge in [0.1, 0.15) is 0 Å². The molecule has 1 aromatic carbocycles. The van der Waals surface area contributed by atoms with E-state index in [0.29, 0.717) is 0 Å². The van der Waals surface area contributed by atoms with E-state index >= 15 is 0 Å². The molecular formula is C13H15F3O. The van der Waals surface area contributed by atoms with Crippen LogP contribution in [0.4, 0.5) is 13.2 Å². The normalized spacial score (nSPS) is 12.6. The number of ketones is 1. The number of hydrogen-bond acceptors (Lipinski definition) is 1. The maximum Gasteiger partial charge on any atom is 0.416 e. The molecule has 0 aliphatic heterocycles. The zero-order valence-electron chi connectivity index (χ0n) is 10.1. The third kappa shape index (κ3) is 4.21. The number of rotatable bonds is 2. The van der Waals surface area contributed by atoms with Crippen LogP contribution in [0.2, 0.25) is 0 Å². The number of carbonyl (C=O) groups is 1. The van der Waals surface area contributed by atoms with Gasteiger partial charge in [-0.2, -0.15) is 13.2 Å². The van der Waals surface area contributed by atoms with E-state index < -0.39 is 11.7 Å². The van der Waals surface area contributed by atoms with Crippen LogP contribution in [-0.4, -0.2) is 5.78 Å². The molecule has 0 saturated carbocycles. The summed E-state index contributed by atoms with van der Waals surface area (Å²) in [7, 11) is 0. The number of benzene rings is 1. The molecule has 1 aromatic rings. The molecule has 0 aromatic heterocycles. The van der Waals surface area contributed by atoms with Crippen LogP contribution in [0.25, 0.3) is 0 Å². The van der Waals surface area contributed by atoms with Gasteiger partial charge in [0.25, 0.3) is 0 Å². The second-order valence-electron chi connectivity index (χ2n) is 5.24. The first-order chi connectivity index (χ1) is 7.59. The van der Waals surface area contributed by atoms with E-state index in [4.69, 9.17) is 0 Å². The molecule has 17 heavy (non-hydrogen) atoms. The summed E-state index contributed by atoms with van der Waals surface area (Å²) in [4.78, 5) is 11.8. The molecule has 0 bridgehead atoms. The standard InChI is InChI=1S/C13H15F3O/c1-12(2,3)8-11(17)9-5-4-6-10(7-9)13(14,15)16/h4-7H,8H2,1-3H3. The smallest absolute Gasteiger partial charge is 0.294 e. The van der Waals surface area contributed by atoms with Gasteiger partial charge in [-0.15, -0.1) is 0 Å². The van der Waals surface area contributed by atoms with Gasteiger partial charge in [-0.1, -0.05) is 32.9 Å². The Morgan fingerprint density at radius 1 is 1.18 bits per heavy atom. The van der Waals surface area contributed by atoms with E-state index in [1.54, 1.807) is 0 Å². The van der Waals surface area contributed by atoms with Gasteiger partial charge in [-0.05, 0) is 17.5 Å². The number of hydrogen-bond donors (Lipinski definition) is 0. The maximum absolute atomic E-state index is 12.5. The van der Waals surface area contributed by atoms with Crippen LogP contribution in [0.5, 0.6) is 0 Å². The van der Waals surface area contributed by atoms with Crippen LogP contribution >= 0.6 is 0 Å². The van der Waals surface area contributed by atoms with Gasteiger partial charge >= 0.3 is 6.18 Å². The summed E-state index contributed by atoms with van der Waals surface area (Å²) in [6, 6.07) is 4.56. The first-order valence-electron chi connectivity index (χ1n) is 5.30.